The maximum atomic E-state index is 2.45. The van der Waals surface area contributed by atoms with Crippen molar-refractivity contribution in [2.24, 2.45) is 0 Å². The lowest BCUT2D eigenvalue weighted by Crippen LogP contribution is -2.46. The molecule has 1 nitrogen and oxygen atoms in total. The van der Waals surface area contributed by atoms with E-state index in [0.29, 0.717) is 5.54 Å². The van der Waals surface area contributed by atoms with Gasteiger partial charge in [0.15, 0.2) is 0 Å². The molecule has 1 aromatic rings. The Morgan fingerprint density at radius 2 is 1.67 bits per heavy atom. The molecule has 0 aromatic heterocycles. The summed E-state index contributed by atoms with van der Waals surface area (Å²) in [6.45, 7) is 12.6. The monoisotopic (exact) mass is 249 g/mol. The first-order valence-corrected chi connectivity index (χ1v) is 7.49. The van der Waals surface area contributed by atoms with Gasteiger partial charge < -0.3 is 4.90 Å². The van der Waals surface area contributed by atoms with Crippen LogP contribution in [0.5, 0.6) is 0 Å². The van der Waals surface area contributed by atoms with Crippen LogP contribution in [0, 0.1) is 0 Å². The second kappa shape index (κ2) is 8.18. The molecule has 1 aromatic carbocycles. The molecule has 1 heteroatoms. The van der Waals surface area contributed by atoms with Crippen molar-refractivity contribution in [3.05, 3.63) is 29.8 Å². The molecule has 0 amide bonds. The Kier molecular flexibility index (Phi) is 7.73. The number of hydrogen-bond acceptors (Lipinski definition) is 1. The number of benzene rings is 1. The number of para-hydroxylation sites is 1. The zero-order valence-electron chi connectivity index (χ0n) is 13.4. The van der Waals surface area contributed by atoms with Crippen LogP contribution in [0.25, 0.3) is 0 Å². The van der Waals surface area contributed by atoms with Crippen LogP contribution in [-0.2, 0) is 6.42 Å². The highest BCUT2D eigenvalue weighted by Crippen LogP contribution is 2.36. The van der Waals surface area contributed by atoms with E-state index in [1.807, 2.05) is 27.7 Å². The van der Waals surface area contributed by atoms with E-state index < -0.39 is 0 Å². The second-order valence-corrected chi connectivity index (χ2v) is 4.54. The summed E-state index contributed by atoms with van der Waals surface area (Å²) in [4.78, 5) is 2.45. The van der Waals surface area contributed by atoms with Gasteiger partial charge in [-0.1, -0.05) is 52.8 Å². The molecule has 1 aliphatic rings. The van der Waals surface area contributed by atoms with Crippen molar-refractivity contribution in [3.63, 3.8) is 0 Å². The molecule has 0 aliphatic carbocycles. The average molecular weight is 249 g/mol. The Bertz CT molecular complexity index is 332. The maximum absolute atomic E-state index is 2.45. The first-order valence-electron chi connectivity index (χ1n) is 7.49. The standard InChI is InChI=1S/C13H19N.2C2H6/c1-4-13(2)10-9-11-7-5-6-8-12(11)14(13)3;2*1-2/h5-8H,4,9-10H2,1-3H3;2*1-2H3. The van der Waals surface area contributed by atoms with Crippen LogP contribution in [0.3, 0.4) is 0 Å². The van der Waals surface area contributed by atoms with E-state index in [9.17, 15) is 0 Å². The Hall–Kier alpha value is -0.980. The van der Waals surface area contributed by atoms with Gasteiger partial charge in [0.25, 0.3) is 0 Å². The lowest BCUT2D eigenvalue weighted by atomic mass is 9.84. The van der Waals surface area contributed by atoms with Gasteiger partial charge in [0.05, 0.1) is 0 Å². The second-order valence-electron chi connectivity index (χ2n) is 4.54. The number of fused-ring (bicyclic) bond motifs is 1. The van der Waals surface area contributed by atoms with Crippen molar-refractivity contribution in [1.29, 1.82) is 0 Å². The minimum absolute atomic E-state index is 0.356. The SMILES string of the molecule is CC.CC.CCC1(C)CCc2ccccc2N1C. The quantitative estimate of drug-likeness (QED) is 0.653. The number of aryl methyl sites for hydroxylation is 1. The van der Waals surface area contributed by atoms with Crippen LogP contribution in [-0.4, -0.2) is 12.6 Å². The van der Waals surface area contributed by atoms with Crippen LogP contribution >= 0.6 is 0 Å². The van der Waals surface area contributed by atoms with Gasteiger partial charge in [-0.25, -0.2) is 0 Å². The average Bonchev–Trinajstić information content (AvgIpc) is 2.48. The minimum Gasteiger partial charge on any atom is -0.369 e. The highest BCUT2D eigenvalue weighted by Gasteiger charge is 2.32. The molecule has 0 spiro atoms. The number of hydrogen-bond donors (Lipinski definition) is 0. The zero-order chi connectivity index (χ0) is 14.2. The summed E-state index contributed by atoms with van der Waals surface area (Å²) in [6.07, 6.45) is 3.72. The molecule has 0 N–H and O–H groups in total. The molecule has 104 valence electrons. The predicted octanol–water partition coefficient (Wildman–Crippen LogP) is 5.29. The first kappa shape index (κ1) is 17.0. The third kappa shape index (κ3) is 3.51. The molecular formula is C17H31N. The third-order valence-electron chi connectivity index (χ3n) is 3.86. The van der Waals surface area contributed by atoms with E-state index in [2.05, 4.69) is 50.1 Å². The Morgan fingerprint density at radius 1 is 1.11 bits per heavy atom. The van der Waals surface area contributed by atoms with Crippen LogP contribution in [0.15, 0.2) is 24.3 Å². The van der Waals surface area contributed by atoms with Crippen LogP contribution in [0.1, 0.15) is 59.9 Å². The fraction of sp³-hybridized carbons (Fsp3) is 0.647. The molecular weight excluding hydrogens is 218 g/mol. The molecule has 0 bridgehead atoms. The van der Waals surface area contributed by atoms with Crippen molar-refractivity contribution in [3.8, 4) is 0 Å². The molecule has 0 saturated carbocycles. The predicted molar refractivity (Wildman–Crippen MR) is 84.6 cm³/mol. The van der Waals surface area contributed by atoms with Crippen LogP contribution < -0.4 is 4.90 Å². The highest BCUT2D eigenvalue weighted by molar-refractivity contribution is 5.57. The maximum Gasteiger partial charge on any atom is 0.0400 e. The first-order chi connectivity index (χ1) is 8.67. The Morgan fingerprint density at radius 3 is 2.22 bits per heavy atom. The number of nitrogens with zero attached hydrogens (tertiary/aromatic N) is 1. The van der Waals surface area contributed by atoms with Crippen LogP contribution in [0.4, 0.5) is 5.69 Å². The highest BCUT2D eigenvalue weighted by atomic mass is 15.2. The molecule has 0 radical (unpaired) electrons. The molecule has 1 atom stereocenters. The van der Waals surface area contributed by atoms with Crippen molar-refractivity contribution in [2.75, 3.05) is 11.9 Å². The molecule has 2 rings (SSSR count). The van der Waals surface area contributed by atoms with E-state index in [1.165, 1.54) is 30.5 Å². The smallest absolute Gasteiger partial charge is 0.0400 e. The van der Waals surface area contributed by atoms with E-state index in [1.54, 1.807) is 0 Å². The summed E-state index contributed by atoms with van der Waals surface area (Å²) in [6, 6.07) is 8.77. The summed E-state index contributed by atoms with van der Waals surface area (Å²) < 4.78 is 0. The molecule has 1 aliphatic heterocycles. The van der Waals surface area contributed by atoms with Crippen molar-refractivity contribution in [2.45, 2.75) is 66.3 Å². The van der Waals surface area contributed by atoms with Gasteiger partial charge in [-0.05, 0) is 37.8 Å². The van der Waals surface area contributed by atoms with E-state index in [0.717, 1.165) is 0 Å². The van der Waals surface area contributed by atoms with Gasteiger partial charge in [-0.3, -0.25) is 0 Å². The fourth-order valence-electron chi connectivity index (χ4n) is 2.33. The van der Waals surface area contributed by atoms with Gasteiger partial charge in [0.2, 0.25) is 0 Å². The summed E-state index contributed by atoms with van der Waals surface area (Å²) in [5, 5.41) is 0. The normalized spacial score (nSPS) is 20.9. The third-order valence-corrected chi connectivity index (χ3v) is 3.86. The lowest BCUT2D eigenvalue weighted by molar-refractivity contribution is 0.381. The summed E-state index contributed by atoms with van der Waals surface area (Å²) in [5.41, 5.74) is 3.28. The summed E-state index contributed by atoms with van der Waals surface area (Å²) in [7, 11) is 2.22. The topological polar surface area (TPSA) is 3.24 Å². The fourth-order valence-corrected chi connectivity index (χ4v) is 2.33. The Labute approximate surface area is 114 Å². The van der Waals surface area contributed by atoms with Crippen LogP contribution in [0.2, 0.25) is 0 Å². The molecule has 1 heterocycles. The van der Waals surface area contributed by atoms with Gasteiger partial charge in [-0.2, -0.15) is 0 Å². The minimum atomic E-state index is 0.356. The van der Waals surface area contributed by atoms with Gasteiger partial charge in [-0.15, -0.1) is 0 Å². The van der Waals surface area contributed by atoms with E-state index in [4.69, 9.17) is 0 Å². The lowest BCUT2D eigenvalue weighted by Gasteiger charge is -2.44. The summed E-state index contributed by atoms with van der Waals surface area (Å²) in [5.74, 6) is 0. The van der Waals surface area contributed by atoms with Crippen molar-refractivity contribution < 1.29 is 0 Å². The molecule has 0 fully saturated rings. The molecule has 0 saturated heterocycles. The number of rotatable bonds is 1. The van der Waals surface area contributed by atoms with E-state index in [-0.39, 0.29) is 0 Å². The van der Waals surface area contributed by atoms with Crippen molar-refractivity contribution >= 4 is 5.69 Å². The van der Waals surface area contributed by atoms with Crippen molar-refractivity contribution in [1.82, 2.24) is 0 Å². The van der Waals surface area contributed by atoms with Gasteiger partial charge in [0, 0.05) is 18.3 Å². The van der Waals surface area contributed by atoms with Gasteiger partial charge in [0.1, 0.15) is 0 Å². The van der Waals surface area contributed by atoms with Gasteiger partial charge >= 0.3 is 0 Å². The van der Waals surface area contributed by atoms with E-state index >= 15 is 0 Å². The molecule has 1 unspecified atom stereocenters. The zero-order valence-corrected chi connectivity index (χ0v) is 13.4. The largest absolute Gasteiger partial charge is 0.369 e. The number of anilines is 1. The summed E-state index contributed by atoms with van der Waals surface area (Å²) >= 11 is 0. The molecule has 18 heavy (non-hydrogen) atoms. The Balaban J connectivity index is 0.000000659.